The van der Waals surface area contributed by atoms with Gasteiger partial charge in [0.05, 0.1) is 11.2 Å². The lowest BCUT2D eigenvalue weighted by molar-refractivity contribution is 0.412. The van der Waals surface area contributed by atoms with Crippen LogP contribution in [0.15, 0.2) is 73.2 Å². The molecule has 0 radical (unpaired) electrons. The van der Waals surface area contributed by atoms with Crippen LogP contribution in [0.25, 0.3) is 22.0 Å². The Morgan fingerprint density at radius 3 is 2.53 bits per heavy atom. The van der Waals surface area contributed by atoms with Crippen LogP contribution < -0.4 is 10.5 Å². The summed E-state index contributed by atoms with van der Waals surface area (Å²) in [7, 11) is 2.17. The van der Waals surface area contributed by atoms with Crippen LogP contribution in [0, 0.1) is 0 Å². The molecule has 5 nitrogen and oxygen atoms in total. The molecule has 0 bridgehead atoms. The summed E-state index contributed by atoms with van der Waals surface area (Å²) in [5.74, 6) is 2.07. The maximum absolute atomic E-state index is 6.59. The first-order chi connectivity index (χ1) is 14.7. The molecule has 1 atom stereocenters. The number of ether oxygens (including phenoxy) is 1. The van der Waals surface area contributed by atoms with Crippen molar-refractivity contribution in [3.8, 4) is 22.6 Å². The predicted octanol–water partition coefficient (Wildman–Crippen LogP) is 5.09. The average Bonchev–Trinajstić information content (AvgIpc) is 3.22. The molecule has 150 valence electrons. The maximum atomic E-state index is 6.59. The van der Waals surface area contributed by atoms with Gasteiger partial charge in [0.15, 0.2) is 0 Å². The second kappa shape index (κ2) is 7.76. The van der Waals surface area contributed by atoms with Gasteiger partial charge in [-0.2, -0.15) is 0 Å². The van der Waals surface area contributed by atoms with Crippen LogP contribution in [0.3, 0.4) is 0 Å². The molecule has 2 N–H and O–H groups in total. The zero-order chi connectivity index (χ0) is 20.5. The number of hydrogen-bond acceptors (Lipinski definition) is 5. The van der Waals surface area contributed by atoms with Gasteiger partial charge in [0.1, 0.15) is 17.8 Å². The molecule has 1 aliphatic rings. The van der Waals surface area contributed by atoms with E-state index in [1.54, 1.807) is 6.33 Å². The topological polar surface area (TPSA) is 64.3 Å². The molecular formula is C25H24N4O. The summed E-state index contributed by atoms with van der Waals surface area (Å²) in [5, 5.41) is 0.921. The van der Waals surface area contributed by atoms with Crippen molar-refractivity contribution >= 4 is 16.6 Å². The van der Waals surface area contributed by atoms with E-state index >= 15 is 0 Å². The number of nitrogens with two attached hydrogens (primary N) is 1. The van der Waals surface area contributed by atoms with E-state index in [9.17, 15) is 0 Å². The number of anilines is 1. The minimum absolute atomic E-state index is 0.451. The van der Waals surface area contributed by atoms with Gasteiger partial charge < -0.3 is 15.4 Å². The van der Waals surface area contributed by atoms with Crippen LogP contribution in [0.1, 0.15) is 17.9 Å². The molecule has 3 aromatic carbocycles. The van der Waals surface area contributed by atoms with Crippen molar-refractivity contribution in [2.24, 2.45) is 0 Å². The fraction of sp³-hybridized carbons (Fsp3) is 0.200. The number of para-hydroxylation sites is 1. The average molecular weight is 396 g/mol. The number of hydrogen-bond donors (Lipinski definition) is 1. The Kier molecular flexibility index (Phi) is 4.81. The van der Waals surface area contributed by atoms with Crippen LogP contribution in [0.2, 0.25) is 0 Å². The normalized spacial score (nSPS) is 16.8. The number of likely N-dealkylation sites (tertiary alicyclic amines) is 1. The molecule has 2 heterocycles. The number of benzene rings is 3. The molecule has 1 unspecified atom stereocenters. The summed E-state index contributed by atoms with van der Waals surface area (Å²) in [6, 6.07) is 20.1. The molecule has 0 saturated carbocycles. The molecule has 4 aromatic rings. The van der Waals surface area contributed by atoms with E-state index in [0.717, 1.165) is 58.7 Å². The highest BCUT2D eigenvalue weighted by atomic mass is 16.5. The van der Waals surface area contributed by atoms with Gasteiger partial charge >= 0.3 is 0 Å². The number of nitrogen functional groups attached to an aromatic ring is 1. The van der Waals surface area contributed by atoms with Crippen LogP contribution in [-0.4, -0.2) is 35.0 Å². The first-order valence-corrected chi connectivity index (χ1v) is 10.2. The number of rotatable bonds is 4. The quantitative estimate of drug-likeness (QED) is 0.487. The first-order valence-electron chi connectivity index (χ1n) is 10.2. The number of fused-ring (bicyclic) bond motifs is 1. The van der Waals surface area contributed by atoms with Crippen LogP contribution in [0.5, 0.6) is 11.5 Å². The van der Waals surface area contributed by atoms with E-state index in [-0.39, 0.29) is 0 Å². The SMILES string of the molecule is CN1CCC(c2cc(-c3ccc(Oc4ccccc4)cc3)c(N)c3cncnc23)C1. The molecule has 0 amide bonds. The lowest BCUT2D eigenvalue weighted by Gasteiger charge is -2.18. The van der Waals surface area contributed by atoms with Crippen LogP contribution in [0.4, 0.5) is 5.69 Å². The highest BCUT2D eigenvalue weighted by Gasteiger charge is 2.25. The molecule has 5 heteroatoms. The fourth-order valence-corrected chi connectivity index (χ4v) is 4.27. The standard InChI is InChI=1S/C25H24N4O/c1-29-12-11-18(15-29)22-13-21(24(26)23-14-27-16-28-25(22)23)17-7-9-20(10-8-17)30-19-5-3-2-4-6-19/h2-10,13-14,16,18H,11-12,15,26H2,1H3. The molecule has 0 aliphatic carbocycles. The largest absolute Gasteiger partial charge is 0.457 e. The lowest BCUT2D eigenvalue weighted by Crippen LogP contribution is -2.13. The van der Waals surface area contributed by atoms with E-state index in [1.807, 2.05) is 48.7 Å². The molecule has 5 rings (SSSR count). The van der Waals surface area contributed by atoms with E-state index in [0.29, 0.717) is 5.92 Å². The summed E-state index contributed by atoms with van der Waals surface area (Å²) < 4.78 is 5.93. The number of likely N-dealkylation sites (N-methyl/N-ethyl adjacent to an activating group) is 1. The van der Waals surface area contributed by atoms with Gasteiger partial charge in [0.25, 0.3) is 0 Å². The van der Waals surface area contributed by atoms with E-state index in [1.165, 1.54) is 5.56 Å². The second-order valence-corrected chi connectivity index (χ2v) is 7.90. The molecule has 1 fully saturated rings. The highest BCUT2D eigenvalue weighted by molar-refractivity contribution is 6.00. The zero-order valence-corrected chi connectivity index (χ0v) is 17.0. The van der Waals surface area contributed by atoms with Crippen molar-refractivity contribution < 1.29 is 4.74 Å². The van der Waals surface area contributed by atoms with Crippen molar-refractivity contribution in [2.45, 2.75) is 12.3 Å². The summed E-state index contributed by atoms with van der Waals surface area (Å²) in [6.45, 7) is 2.13. The van der Waals surface area contributed by atoms with Crippen molar-refractivity contribution in [3.05, 3.63) is 78.8 Å². The van der Waals surface area contributed by atoms with Crippen molar-refractivity contribution in [2.75, 3.05) is 25.9 Å². The number of nitrogens with zero attached hydrogens (tertiary/aromatic N) is 3. The summed E-state index contributed by atoms with van der Waals surface area (Å²) in [4.78, 5) is 11.2. The smallest absolute Gasteiger partial charge is 0.127 e. The minimum atomic E-state index is 0.451. The minimum Gasteiger partial charge on any atom is -0.457 e. The van der Waals surface area contributed by atoms with Gasteiger partial charge in [0.2, 0.25) is 0 Å². The van der Waals surface area contributed by atoms with E-state index < -0.39 is 0 Å². The second-order valence-electron chi connectivity index (χ2n) is 7.90. The van der Waals surface area contributed by atoms with Gasteiger partial charge in [0, 0.05) is 23.7 Å². The Morgan fingerprint density at radius 2 is 1.80 bits per heavy atom. The van der Waals surface area contributed by atoms with Crippen LogP contribution in [-0.2, 0) is 0 Å². The third kappa shape index (κ3) is 3.48. The van der Waals surface area contributed by atoms with Gasteiger partial charge in [-0.3, -0.25) is 0 Å². The Bertz CT molecular complexity index is 1180. The van der Waals surface area contributed by atoms with Gasteiger partial charge in [-0.15, -0.1) is 0 Å². The maximum Gasteiger partial charge on any atom is 0.127 e. The number of aromatic nitrogens is 2. The van der Waals surface area contributed by atoms with Crippen molar-refractivity contribution in [1.82, 2.24) is 14.9 Å². The highest BCUT2D eigenvalue weighted by Crippen LogP contribution is 2.39. The molecule has 1 aliphatic heterocycles. The molecular weight excluding hydrogens is 372 g/mol. The fourth-order valence-electron chi connectivity index (χ4n) is 4.27. The summed E-state index contributed by atoms with van der Waals surface area (Å²) in [5.41, 5.74) is 11.6. The third-order valence-corrected chi connectivity index (χ3v) is 5.84. The Labute approximate surface area is 176 Å². The lowest BCUT2D eigenvalue weighted by atomic mass is 9.90. The van der Waals surface area contributed by atoms with E-state index in [2.05, 4.69) is 40.1 Å². The first kappa shape index (κ1) is 18.6. The van der Waals surface area contributed by atoms with Gasteiger partial charge in [-0.05, 0) is 67.4 Å². The van der Waals surface area contributed by atoms with Crippen molar-refractivity contribution in [3.63, 3.8) is 0 Å². The van der Waals surface area contributed by atoms with Gasteiger partial charge in [-0.1, -0.05) is 30.3 Å². The monoisotopic (exact) mass is 396 g/mol. The molecule has 0 spiro atoms. The van der Waals surface area contributed by atoms with Gasteiger partial charge in [-0.25, -0.2) is 9.97 Å². The van der Waals surface area contributed by atoms with Crippen molar-refractivity contribution in [1.29, 1.82) is 0 Å². The Balaban J connectivity index is 1.54. The molecule has 1 aromatic heterocycles. The third-order valence-electron chi connectivity index (χ3n) is 5.84. The van der Waals surface area contributed by atoms with E-state index in [4.69, 9.17) is 10.5 Å². The van der Waals surface area contributed by atoms with Crippen LogP contribution >= 0.6 is 0 Å². The Morgan fingerprint density at radius 1 is 1.03 bits per heavy atom. The summed E-state index contributed by atoms with van der Waals surface area (Å²) in [6.07, 6.45) is 4.57. The molecule has 1 saturated heterocycles. The Hall–Kier alpha value is -3.44. The zero-order valence-electron chi connectivity index (χ0n) is 17.0. The predicted molar refractivity (Wildman–Crippen MR) is 121 cm³/mol. The molecule has 30 heavy (non-hydrogen) atoms. The summed E-state index contributed by atoms with van der Waals surface area (Å²) >= 11 is 0.